The lowest BCUT2D eigenvalue weighted by Crippen LogP contribution is -2.09. The molecule has 1 aromatic carbocycles. The van der Waals surface area contributed by atoms with E-state index in [1.54, 1.807) is 29.8 Å². The number of aromatic nitrogens is 2. The van der Waals surface area contributed by atoms with Gasteiger partial charge in [-0.05, 0) is 42.9 Å². The van der Waals surface area contributed by atoms with Gasteiger partial charge in [0.1, 0.15) is 22.7 Å². The van der Waals surface area contributed by atoms with Gasteiger partial charge < -0.3 is 10.4 Å². The van der Waals surface area contributed by atoms with Gasteiger partial charge in [0.25, 0.3) is 0 Å². The number of phenolic OH excluding ortho intramolecular Hbond substituents is 1. The summed E-state index contributed by atoms with van der Waals surface area (Å²) in [6.45, 7) is 2.31. The lowest BCUT2D eigenvalue weighted by atomic mass is 9.89. The molecule has 0 saturated carbocycles. The van der Waals surface area contributed by atoms with Gasteiger partial charge in [-0.3, -0.25) is 0 Å². The van der Waals surface area contributed by atoms with Crippen LogP contribution in [0.25, 0.3) is 10.2 Å². The molecule has 2 N–H and O–H groups in total. The molecular formula is C17H17N3OS. The number of phenols is 1. The SMILES string of the molecule is C[C@@H]1CCc2c(sc3ncnc(Nc4cccc(O)c4)c23)C1. The van der Waals surface area contributed by atoms with Gasteiger partial charge >= 0.3 is 0 Å². The summed E-state index contributed by atoms with van der Waals surface area (Å²) in [5.74, 6) is 1.83. The van der Waals surface area contributed by atoms with Gasteiger partial charge in [0.2, 0.25) is 0 Å². The number of hydrogen-bond acceptors (Lipinski definition) is 5. The number of aromatic hydroxyl groups is 1. The van der Waals surface area contributed by atoms with Crippen LogP contribution < -0.4 is 5.32 Å². The lowest BCUT2D eigenvalue weighted by Gasteiger charge is -2.18. The minimum atomic E-state index is 0.247. The first-order valence-electron chi connectivity index (χ1n) is 7.52. The highest BCUT2D eigenvalue weighted by Gasteiger charge is 2.23. The predicted molar refractivity (Wildman–Crippen MR) is 90.0 cm³/mol. The summed E-state index contributed by atoms with van der Waals surface area (Å²) in [5.41, 5.74) is 2.24. The fourth-order valence-electron chi connectivity index (χ4n) is 3.09. The molecule has 5 heteroatoms. The quantitative estimate of drug-likeness (QED) is 0.742. The molecule has 1 aliphatic carbocycles. The summed E-state index contributed by atoms with van der Waals surface area (Å²) in [7, 11) is 0. The maximum atomic E-state index is 9.61. The maximum absolute atomic E-state index is 9.61. The van der Waals surface area contributed by atoms with Gasteiger partial charge in [-0.25, -0.2) is 9.97 Å². The van der Waals surface area contributed by atoms with Crippen molar-refractivity contribution < 1.29 is 5.11 Å². The van der Waals surface area contributed by atoms with E-state index < -0.39 is 0 Å². The van der Waals surface area contributed by atoms with E-state index in [0.29, 0.717) is 0 Å². The van der Waals surface area contributed by atoms with E-state index in [4.69, 9.17) is 0 Å². The molecule has 4 rings (SSSR count). The van der Waals surface area contributed by atoms with Crippen LogP contribution in [0.2, 0.25) is 0 Å². The molecule has 0 amide bonds. The second kappa shape index (κ2) is 5.25. The Balaban J connectivity index is 1.81. The lowest BCUT2D eigenvalue weighted by molar-refractivity contribution is 0.475. The molecule has 4 nitrogen and oxygen atoms in total. The van der Waals surface area contributed by atoms with Crippen LogP contribution in [0.5, 0.6) is 5.75 Å². The number of benzene rings is 1. The molecule has 112 valence electrons. The molecule has 0 unspecified atom stereocenters. The zero-order valence-electron chi connectivity index (χ0n) is 12.3. The van der Waals surface area contributed by atoms with Crippen molar-refractivity contribution >= 4 is 33.1 Å². The molecule has 0 saturated heterocycles. The van der Waals surface area contributed by atoms with E-state index >= 15 is 0 Å². The summed E-state index contributed by atoms with van der Waals surface area (Å²) in [4.78, 5) is 11.4. The van der Waals surface area contributed by atoms with Crippen LogP contribution in [0.1, 0.15) is 23.8 Å². The number of anilines is 2. The van der Waals surface area contributed by atoms with Gasteiger partial charge in [0.15, 0.2) is 0 Å². The van der Waals surface area contributed by atoms with E-state index in [-0.39, 0.29) is 5.75 Å². The Kier molecular flexibility index (Phi) is 3.22. The number of rotatable bonds is 2. The summed E-state index contributed by atoms with van der Waals surface area (Å²) in [6.07, 6.45) is 5.07. The zero-order valence-corrected chi connectivity index (χ0v) is 13.2. The summed E-state index contributed by atoms with van der Waals surface area (Å²) in [6, 6.07) is 7.11. The van der Waals surface area contributed by atoms with Gasteiger partial charge in [-0.1, -0.05) is 13.0 Å². The molecular weight excluding hydrogens is 294 g/mol. The first-order valence-corrected chi connectivity index (χ1v) is 8.33. The minimum absolute atomic E-state index is 0.247. The van der Waals surface area contributed by atoms with Crippen LogP contribution in [0.15, 0.2) is 30.6 Å². The minimum Gasteiger partial charge on any atom is -0.508 e. The Morgan fingerprint density at radius 1 is 1.32 bits per heavy atom. The van der Waals surface area contributed by atoms with Crippen LogP contribution in [0.3, 0.4) is 0 Å². The first-order chi connectivity index (χ1) is 10.7. The van der Waals surface area contributed by atoms with Crippen molar-refractivity contribution in [3.8, 4) is 5.75 Å². The topological polar surface area (TPSA) is 58.0 Å². The molecule has 0 aliphatic heterocycles. The predicted octanol–water partition coefficient (Wildman–Crippen LogP) is 4.27. The van der Waals surface area contributed by atoms with Crippen molar-refractivity contribution in [2.45, 2.75) is 26.2 Å². The Hall–Kier alpha value is -2.14. The second-order valence-electron chi connectivity index (χ2n) is 5.93. The van der Waals surface area contributed by atoms with Crippen molar-refractivity contribution in [1.82, 2.24) is 9.97 Å². The van der Waals surface area contributed by atoms with E-state index in [9.17, 15) is 5.11 Å². The van der Waals surface area contributed by atoms with Crippen molar-refractivity contribution in [3.63, 3.8) is 0 Å². The van der Waals surface area contributed by atoms with Gasteiger partial charge in [-0.2, -0.15) is 0 Å². The molecule has 0 fully saturated rings. The highest BCUT2D eigenvalue weighted by atomic mass is 32.1. The van der Waals surface area contributed by atoms with Crippen LogP contribution in [-0.2, 0) is 12.8 Å². The fourth-order valence-corrected chi connectivity index (χ4v) is 4.44. The van der Waals surface area contributed by atoms with Crippen LogP contribution >= 0.6 is 11.3 Å². The van der Waals surface area contributed by atoms with E-state index in [2.05, 4.69) is 22.2 Å². The van der Waals surface area contributed by atoms with E-state index in [1.165, 1.54) is 16.9 Å². The monoisotopic (exact) mass is 311 g/mol. The maximum Gasteiger partial charge on any atom is 0.142 e. The molecule has 22 heavy (non-hydrogen) atoms. The van der Waals surface area contributed by atoms with Crippen LogP contribution in [-0.4, -0.2) is 15.1 Å². The molecule has 0 radical (unpaired) electrons. The molecule has 2 heterocycles. The highest BCUT2D eigenvalue weighted by Crippen LogP contribution is 2.40. The average molecular weight is 311 g/mol. The number of nitrogens with zero attached hydrogens (tertiary/aromatic N) is 2. The highest BCUT2D eigenvalue weighted by molar-refractivity contribution is 7.19. The third-order valence-electron chi connectivity index (χ3n) is 4.20. The smallest absolute Gasteiger partial charge is 0.142 e. The molecule has 2 aromatic heterocycles. The Bertz CT molecular complexity index is 843. The van der Waals surface area contributed by atoms with Gasteiger partial charge in [0, 0.05) is 16.6 Å². The van der Waals surface area contributed by atoms with Crippen LogP contribution in [0.4, 0.5) is 11.5 Å². The van der Waals surface area contributed by atoms with Crippen molar-refractivity contribution in [3.05, 3.63) is 41.0 Å². The van der Waals surface area contributed by atoms with Crippen molar-refractivity contribution in [1.29, 1.82) is 0 Å². The number of hydrogen-bond donors (Lipinski definition) is 2. The van der Waals surface area contributed by atoms with Gasteiger partial charge in [0.05, 0.1) is 5.39 Å². The van der Waals surface area contributed by atoms with Crippen molar-refractivity contribution in [2.75, 3.05) is 5.32 Å². The van der Waals surface area contributed by atoms with Crippen molar-refractivity contribution in [2.24, 2.45) is 5.92 Å². The second-order valence-corrected chi connectivity index (χ2v) is 7.01. The van der Waals surface area contributed by atoms with Crippen LogP contribution in [0, 0.1) is 5.92 Å². The molecule has 1 atom stereocenters. The Morgan fingerprint density at radius 3 is 3.09 bits per heavy atom. The standard InChI is InChI=1S/C17H17N3OS/c1-10-5-6-13-14(7-10)22-17-15(13)16(18-9-19-17)20-11-3-2-4-12(21)8-11/h2-4,8-10,21H,5-7H2,1H3,(H,18,19,20)/t10-/m1/s1. The number of thiophene rings is 1. The summed E-state index contributed by atoms with van der Waals surface area (Å²) >= 11 is 1.79. The Morgan fingerprint density at radius 2 is 2.23 bits per heavy atom. The van der Waals surface area contributed by atoms with Gasteiger partial charge in [-0.15, -0.1) is 11.3 Å². The summed E-state index contributed by atoms with van der Waals surface area (Å²) in [5, 5.41) is 14.1. The average Bonchev–Trinajstić information content (AvgIpc) is 2.85. The Labute approximate surface area is 132 Å². The number of aryl methyl sites for hydroxylation is 1. The molecule has 1 aliphatic rings. The molecule has 0 bridgehead atoms. The third kappa shape index (κ3) is 2.31. The first kappa shape index (κ1) is 13.5. The van der Waals surface area contributed by atoms with E-state index in [1.807, 2.05) is 12.1 Å². The summed E-state index contributed by atoms with van der Waals surface area (Å²) < 4.78 is 0. The largest absolute Gasteiger partial charge is 0.508 e. The number of nitrogens with one attached hydrogen (secondary N) is 1. The third-order valence-corrected chi connectivity index (χ3v) is 5.36. The zero-order chi connectivity index (χ0) is 15.1. The van der Waals surface area contributed by atoms with E-state index in [0.717, 1.165) is 40.5 Å². The molecule has 0 spiro atoms. The molecule has 3 aromatic rings. The normalized spacial score (nSPS) is 17.4. The number of fused-ring (bicyclic) bond motifs is 3. The fraction of sp³-hybridized carbons (Fsp3) is 0.294.